The van der Waals surface area contributed by atoms with Gasteiger partial charge in [0.05, 0.1) is 69.9 Å². The Labute approximate surface area is 455 Å². The predicted octanol–water partition coefficient (Wildman–Crippen LogP) is 13.2. The summed E-state index contributed by atoms with van der Waals surface area (Å²) < 4.78 is 12.5. The molecule has 10 heterocycles. The van der Waals surface area contributed by atoms with Crippen molar-refractivity contribution in [1.29, 1.82) is 0 Å². The van der Waals surface area contributed by atoms with Crippen molar-refractivity contribution >= 4 is 44.1 Å². The van der Waals surface area contributed by atoms with E-state index in [9.17, 15) is 0 Å². The summed E-state index contributed by atoms with van der Waals surface area (Å²) in [7, 11) is 3.42. The van der Waals surface area contributed by atoms with Gasteiger partial charge >= 0.3 is 0 Å². The predicted molar refractivity (Wildman–Crippen MR) is 313 cm³/mol. The Hall–Kier alpha value is -9.04. The van der Waals surface area contributed by atoms with Crippen LogP contribution in [0.1, 0.15) is 134 Å². The number of methoxy groups -OCH3 is 2. The normalized spacial score (nSPS) is 15.5. The van der Waals surface area contributed by atoms with E-state index >= 15 is 0 Å². The van der Waals surface area contributed by atoms with Gasteiger partial charge in [-0.25, -0.2) is 0 Å². The number of aromatic amines is 4. The minimum atomic E-state index is -0.300. The maximum absolute atomic E-state index is 6.25. The first-order valence-corrected chi connectivity index (χ1v) is 26.7. The summed E-state index contributed by atoms with van der Waals surface area (Å²) >= 11 is 0. The van der Waals surface area contributed by atoms with Crippen molar-refractivity contribution in [3.8, 4) is 47.0 Å². The highest BCUT2D eigenvalue weighted by Gasteiger charge is 2.34. The third kappa shape index (κ3) is 9.63. The lowest BCUT2D eigenvalue weighted by Crippen LogP contribution is -2.15. The van der Waals surface area contributed by atoms with Crippen molar-refractivity contribution in [2.24, 2.45) is 0 Å². The van der Waals surface area contributed by atoms with Gasteiger partial charge in [0.2, 0.25) is 0 Å². The van der Waals surface area contributed by atoms with Crippen LogP contribution in [0, 0.1) is 35.5 Å². The van der Waals surface area contributed by atoms with Crippen molar-refractivity contribution in [1.82, 2.24) is 39.9 Å². The molecule has 0 saturated carbocycles. The van der Waals surface area contributed by atoms with Crippen LogP contribution in [0.2, 0.25) is 0 Å². The van der Waals surface area contributed by atoms with Gasteiger partial charge in [0.15, 0.2) is 11.5 Å². The molecule has 386 valence electrons. The topological polar surface area (TPSA) is 133 Å². The van der Waals surface area contributed by atoms with Crippen LogP contribution in [-0.4, -0.2) is 54.1 Å². The fourth-order valence-corrected chi connectivity index (χ4v) is 11.2. The number of nitrogens with zero attached hydrogens (tertiary/aromatic N) is 4. The van der Waals surface area contributed by atoms with Gasteiger partial charge in [-0.1, -0.05) is 127 Å². The minimum absolute atomic E-state index is 0.247. The van der Waals surface area contributed by atoms with E-state index in [4.69, 9.17) is 29.4 Å². The zero-order valence-electron chi connectivity index (χ0n) is 46.0. The van der Waals surface area contributed by atoms with Gasteiger partial charge in [0.1, 0.15) is 0 Å². The second kappa shape index (κ2) is 18.9. The summed E-state index contributed by atoms with van der Waals surface area (Å²) in [5.41, 5.74) is 18.6. The molecule has 0 fully saturated rings. The molecule has 0 spiro atoms. The van der Waals surface area contributed by atoms with Gasteiger partial charge in [-0.15, -0.1) is 0 Å². The molecule has 10 heteroatoms. The fraction of sp³-hybridized carbons (Fsp3) is 0.265. The molecule has 10 nitrogen and oxygen atoms in total. The molecule has 0 atom stereocenters. The summed E-state index contributed by atoms with van der Waals surface area (Å²) in [6.45, 7) is 17.9. The number of fused-ring (bicyclic) bond motifs is 16. The van der Waals surface area contributed by atoms with Crippen LogP contribution in [0.3, 0.4) is 0 Å². The molecule has 8 aromatic rings. The van der Waals surface area contributed by atoms with E-state index in [1.54, 1.807) is 14.2 Å². The first-order chi connectivity index (χ1) is 37.4. The maximum atomic E-state index is 6.25. The third-order valence-corrected chi connectivity index (χ3v) is 15.4. The Morgan fingerprint density at radius 3 is 1.09 bits per heavy atom. The molecule has 0 unspecified atom stereocenters. The summed E-state index contributed by atoms with van der Waals surface area (Å²) in [6.07, 6.45) is 2.84. The number of rotatable bonds is 2. The Balaban J connectivity index is 1.05. The molecule has 0 aliphatic carbocycles. The van der Waals surface area contributed by atoms with Crippen LogP contribution < -0.4 is 9.47 Å². The van der Waals surface area contributed by atoms with Gasteiger partial charge in [-0.3, -0.25) is 19.9 Å². The van der Waals surface area contributed by atoms with E-state index < -0.39 is 0 Å². The van der Waals surface area contributed by atoms with Gasteiger partial charge in [-0.05, 0) is 84.9 Å². The number of hydrogen-bond acceptors (Lipinski definition) is 6. The van der Waals surface area contributed by atoms with E-state index in [-0.39, 0.29) is 21.7 Å². The standard InChI is InChI=1S/C68H62N8O2/c1-65(2)37-51-31-53-43(27-47(69-53)33-59-67(5,6)39-55(75-59)63(77-9)61-45(23-21-41-17-13-11-14-18-41)29-49(73-61)35-57(65)71-51)25-26-44-28-48-34-60-68(7,8)40-56(76-60)64(78-10)62-46(24-22-42-19-15-12-16-20-42)30-50(74-62)36-58-66(3,4)38-52(72-58)32-54(44)70-48/h11-20,27-36,69-70,73-74H,37-40H2,1-10H3. The molecule has 12 rings (SSSR count). The zero-order chi connectivity index (χ0) is 54.1. The molecule has 0 amide bonds. The molecule has 16 bridgehead atoms. The van der Waals surface area contributed by atoms with Gasteiger partial charge in [-0.2, -0.15) is 0 Å². The molecule has 78 heavy (non-hydrogen) atoms. The highest BCUT2D eigenvalue weighted by Crippen LogP contribution is 2.40. The number of hydrogen-bond donors (Lipinski definition) is 4. The molecular weight excluding hydrogens is 961 g/mol. The lowest BCUT2D eigenvalue weighted by atomic mass is 9.86. The van der Waals surface area contributed by atoms with Gasteiger partial charge < -0.3 is 29.4 Å². The summed E-state index contributed by atoms with van der Waals surface area (Å²) in [5.74, 6) is 22.3. The number of ether oxygens (including phenoxy) is 2. The van der Waals surface area contributed by atoms with Crippen LogP contribution in [0.15, 0.2) is 121 Å². The van der Waals surface area contributed by atoms with Crippen molar-refractivity contribution in [2.75, 3.05) is 14.2 Å². The molecular formula is C68H62N8O2. The van der Waals surface area contributed by atoms with Crippen molar-refractivity contribution < 1.29 is 9.47 Å². The Kier molecular flexibility index (Phi) is 12.1. The van der Waals surface area contributed by atoms with Crippen molar-refractivity contribution in [3.05, 3.63) is 200 Å². The average Bonchev–Trinajstić information content (AvgIpc) is 4.38. The SMILES string of the molecule is COc1c2nc(cc3cc(C#Cc4cc5cc6nc(c(OC)c7[nH]c(cc8nc(cc4[nH]5)CC8(C)C)cc7C#Cc4ccccc4)CC6(C)C)c(cc4nc(cc5cc(C#Cc6ccccc6)c1[nH]5)C(C)(C)C4)[nH]3)C(C)(C)C2. The van der Waals surface area contributed by atoms with Crippen LogP contribution in [0.25, 0.3) is 44.1 Å². The second-order valence-electron chi connectivity index (χ2n) is 23.7. The number of aromatic nitrogens is 8. The van der Waals surface area contributed by atoms with E-state index in [0.29, 0.717) is 24.3 Å². The maximum Gasteiger partial charge on any atom is 0.165 e. The molecule has 2 aromatic carbocycles. The largest absolute Gasteiger partial charge is 0.493 e. The smallest absolute Gasteiger partial charge is 0.165 e. The highest BCUT2D eigenvalue weighted by atomic mass is 16.5. The first-order valence-electron chi connectivity index (χ1n) is 26.7. The lowest BCUT2D eigenvalue weighted by Gasteiger charge is -2.16. The highest BCUT2D eigenvalue weighted by molar-refractivity contribution is 5.80. The van der Waals surface area contributed by atoms with Gasteiger partial charge in [0, 0.05) is 115 Å². The molecule has 4 aliphatic rings. The Morgan fingerprint density at radius 2 is 0.705 bits per heavy atom. The molecule has 6 aromatic heterocycles. The van der Waals surface area contributed by atoms with E-state index in [1.807, 2.05) is 60.7 Å². The van der Waals surface area contributed by atoms with Gasteiger partial charge in [0.25, 0.3) is 0 Å². The van der Waals surface area contributed by atoms with Crippen LogP contribution in [-0.2, 0) is 47.3 Å². The average molecular weight is 1020 g/mol. The van der Waals surface area contributed by atoms with E-state index in [2.05, 4.69) is 172 Å². The summed E-state index contributed by atoms with van der Waals surface area (Å²) in [5, 5.41) is 0. The summed E-state index contributed by atoms with van der Waals surface area (Å²) in [6, 6.07) is 41.5. The third-order valence-electron chi connectivity index (χ3n) is 15.4. The van der Waals surface area contributed by atoms with Crippen LogP contribution in [0.4, 0.5) is 0 Å². The number of nitrogens with one attached hydrogen (secondary N) is 4. The van der Waals surface area contributed by atoms with Crippen LogP contribution >= 0.6 is 0 Å². The molecule has 0 radical (unpaired) electrons. The minimum Gasteiger partial charge on any atom is -0.493 e. The zero-order valence-corrected chi connectivity index (χ0v) is 46.0. The quantitative estimate of drug-likeness (QED) is 0.128. The number of benzene rings is 2. The van der Waals surface area contributed by atoms with Crippen molar-refractivity contribution in [2.45, 2.75) is 103 Å². The Morgan fingerprint density at radius 1 is 0.372 bits per heavy atom. The Bertz CT molecular complexity index is 4040. The first kappa shape index (κ1) is 49.8. The van der Waals surface area contributed by atoms with Crippen LogP contribution in [0.5, 0.6) is 11.5 Å². The van der Waals surface area contributed by atoms with E-state index in [0.717, 1.165) is 136 Å². The monoisotopic (exact) mass is 1020 g/mol. The van der Waals surface area contributed by atoms with Crippen molar-refractivity contribution in [3.63, 3.8) is 0 Å². The fourth-order valence-electron chi connectivity index (χ4n) is 11.2. The lowest BCUT2D eigenvalue weighted by molar-refractivity contribution is 0.409. The molecule has 4 N–H and O–H groups in total. The summed E-state index contributed by atoms with van der Waals surface area (Å²) in [4.78, 5) is 36.1. The molecule has 0 saturated heterocycles. The van der Waals surface area contributed by atoms with E-state index in [1.165, 1.54) is 0 Å². The molecule has 4 aliphatic heterocycles. The number of H-pyrrole nitrogens is 4. The second-order valence-corrected chi connectivity index (χ2v) is 23.7.